The van der Waals surface area contributed by atoms with Gasteiger partial charge in [0.1, 0.15) is 5.00 Å². The topological polar surface area (TPSA) is 72.2 Å². The van der Waals surface area contributed by atoms with E-state index in [2.05, 4.69) is 26.1 Å². The Bertz CT molecular complexity index is 906. The number of carbonyl (C=O) groups excluding carboxylic acids is 2. The number of aryl methyl sites for hydroxylation is 2. The Hall–Kier alpha value is -2.14. The Morgan fingerprint density at radius 3 is 2.52 bits per heavy atom. The largest absolute Gasteiger partial charge is 0.365 e. The number of thiophene rings is 1. The number of amides is 2. The number of carbonyl (C=O) groups is 2. The van der Waals surface area contributed by atoms with Crippen LogP contribution in [0.5, 0.6) is 0 Å². The van der Waals surface area contributed by atoms with Crippen LogP contribution in [0.1, 0.15) is 69.5 Å². The van der Waals surface area contributed by atoms with E-state index >= 15 is 0 Å². The Morgan fingerprint density at radius 1 is 1.22 bits per heavy atom. The monoisotopic (exact) mass is 384 g/mol. The van der Waals surface area contributed by atoms with E-state index in [0.717, 1.165) is 36.0 Å². The van der Waals surface area contributed by atoms with Gasteiger partial charge in [0, 0.05) is 10.4 Å². The molecule has 27 heavy (non-hydrogen) atoms. The molecule has 144 valence electrons. The lowest BCUT2D eigenvalue weighted by Gasteiger charge is -2.33. The van der Waals surface area contributed by atoms with Crippen LogP contribution in [0.3, 0.4) is 0 Å². The summed E-state index contributed by atoms with van der Waals surface area (Å²) in [5.74, 6) is -0.0918. The molecule has 2 aromatic rings. The van der Waals surface area contributed by atoms with Gasteiger partial charge in [-0.15, -0.1) is 11.3 Å². The zero-order valence-electron chi connectivity index (χ0n) is 16.7. The fourth-order valence-corrected chi connectivity index (χ4v) is 5.24. The van der Waals surface area contributed by atoms with Crippen LogP contribution in [0, 0.1) is 25.2 Å². The molecule has 0 saturated carbocycles. The smallest absolute Gasteiger partial charge is 0.256 e. The first-order valence-corrected chi connectivity index (χ1v) is 10.2. The normalized spacial score (nSPS) is 16.7. The summed E-state index contributed by atoms with van der Waals surface area (Å²) in [6.07, 6.45) is 2.81. The third-order valence-electron chi connectivity index (χ3n) is 5.59. The maximum atomic E-state index is 12.8. The highest BCUT2D eigenvalue weighted by Crippen LogP contribution is 2.44. The SMILES string of the molecule is Cc1ccc(C(=O)Nc2sc3c(c2C(N)=O)CCC(C(C)(C)C)C3)c(C)c1. The van der Waals surface area contributed by atoms with E-state index in [9.17, 15) is 9.59 Å². The number of nitrogens with one attached hydrogen (secondary N) is 1. The van der Waals surface area contributed by atoms with Gasteiger partial charge in [0.25, 0.3) is 11.8 Å². The van der Waals surface area contributed by atoms with Crippen molar-refractivity contribution in [2.24, 2.45) is 17.1 Å². The summed E-state index contributed by atoms with van der Waals surface area (Å²) in [6.45, 7) is 10.7. The van der Waals surface area contributed by atoms with E-state index in [1.54, 1.807) is 0 Å². The lowest BCUT2D eigenvalue weighted by Crippen LogP contribution is -2.27. The molecule has 1 aliphatic rings. The number of benzene rings is 1. The summed E-state index contributed by atoms with van der Waals surface area (Å²) in [6, 6.07) is 5.73. The minimum absolute atomic E-state index is 0.194. The van der Waals surface area contributed by atoms with E-state index in [1.165, 1.54) is 16.2 Å². The second-order valence-corrected chi connectivity index (χ2v) is 9.76. The maximum absolute atomic E-state index is 12.8. The second kappa shape index (κ2) is 7.12. The van der Waals surface area contributed by atoms with Gasteiger partial charge in [-0.25, -0.2) is 0 Å². The van der Waals surface area contributed by atoms with Crippen molar-refractivity contribution in [2.75, 3.05) is 5.32 Å². The molecule has 3 N–H and O–H groups in total. The van der Waals surface area contributed by atoms with Crippen molar-refractivity contribution < 1.29 is 9.59 Å². The summed E-state index contributed by atoms with van der Waals surface area (Å²) in [5, 5.41) is 3.55. The second-order valence-electron chi connectivity index (χ2n) is 8.65. The fourth-order valence-electron chi connectivity index (χ4n) is 3.91. The van der Waals surface area contributed by atoms with Crippen molar-refractivity contribution >= 4 is 28.2 Å². The van der Waals surface area contributed by atoms with Crippen LogP contribution in [-0.4, -0.2) is 11.8 Å². The van der Waals surface area contributed by atoms with Crippen molar-refractivity contribution in [2.45, 2.75) is 53.9 Å². The van der Waals surface area contributed by atoms with Gasteiger partial charge < -0.3 is 11.1 Å². The average Bonchev–Trinajstić information content (AvgIpc) is 2.90. The van der Waals surface area contributed by atoms with Crippen molar-refractivity contribution in [1.82, 2.24) is 0 Å². The van der Waals surface area contributed by atoms with E-state index in [0.29, 0.717) is 22.0 Å². The summed E-state index contributed by atoms with van der Waals surface area (Å²) in [4.78, 5) is 26.1. The van der Waals surface area contributed by atoms with Gasteiger partial charge in [-0.05, 0) is 61.6 Å². The summed E-state index contributed by atoms with van der Waals surface area (Å²) in [5.41, 5.74) is 10.1. The molecular formula is C22H28N2O2S. The van der Waals surface area contributed by atoms with Gasteiger partial charge in [-0.3, -0.25) is 9.59 Å². The molecule has 0 saturated heterocycles. The van der Waals surface area contributed by atoms with Gasteiger partial charge in [0.2, 0.25) is 0 Å². The van der Waals surface area contributed by atoms with Gasteiger partial charge in [0.05, 0.1) is 5.56 Å². The first-order chi connectivity index (χ1) is 12.6. The molecule has 1 unspecified atom stereocenters. The Kier molecular flexibility index (Phi) is 5.17. The summed E-state index contributed by atoms with van der Waals surface area (Å²) < 4.78 is 0. The first kappa shape index (κ1) is 19.6. The first-order valence-electron chi connectivity index (χ1n) is 9.41. The summed E-state index contributed by atoms with van der Waals surface area (Å²) in [7, 11) is 0. The molecule has 0 spiro atoms. The Balaban J connectivity index is 1.93. The number of rotatable bonds is 3. The standard InChI is InChI=1S/C22H28N2O2S/c1-12-6-8-15(13(2)10-12)20(26)24-21-18(19(23)25)16-9-7-14(22(3,4)5)11-17(16)27-21/h6,8,10,14H,7,9,11H2,1-5H3,(H2,23,25)(H,24,26). The molecule has 2 amide bonds. The lowest BCUT2D eigenvalue weighted by atomic mass is 9.72. The molecule has 5 heteroatoms. The Labute approximate surface area is 165 Å². The highest BCUT2D eigenvalue weighted by molar-refractivity contribution is 7.17. The minimum atomic E-state index is -0.461. The zero-order valence-corrected chi connectivity index (χ0v) is 17.5. The molecule has 3 rings (SSSR count). The van der Waals surface area contributed by atoms with Gasteiger partial charge >= 0.3 is 0 Å². The molecular weight excluding hydrogens is 356 g/mol. The van der Waals surface area contributed by atoms with Crippen molar-refractivity contribution in [1.29, 1.82) is 0 Å². The minimum Gasteiger partial charge on any atom is -0.365 e. The summed E-state index contributed by atoms with van der Waals surface area (Å²) >= 11 is 1.51. The number of hydrogen-bond acceptors (Lipinski definition) is 3. The maximum Gasteiger partial charge on any atom is 0.256 e. The molecule has 1 aliphatic carbocycles. The predicted octanol–water partition coefficient (Wildman–Crippen LogP) is 4.87. The van der Waals surface area contributed by atoms with Gasteiger partial charge in [-0.1, -0.05) is 38.5 Å². The van der Waals surface area contributed by atoms with Crippen LogP contribution < -0.4 is 11.1 Å². The molecule has 0 bridgehead atoms. The lowest BCUT2D eigenvalue weighted by molar-refractivity contribution is 0.1000. The number of nitrogens with two attached hydrogens (primary N) is 1. The predicted molar refractivity (Wildman–Crippen MR) is 112 cm³/mol. The molecule has 0 aliphatic heterocycles. The van der Waals surface area contributed by atoms with Crippen LogP contribution in [0.4, 0.5) is 5.00 Å². The zero-order chi connectivity index (χ0) is 19.9. The number of hydrogen-bond donors (Lipinski definition) is 2. The molecule has 1 aromatic heterocycles. The Morgan fingerprint density at radius 2 is 1.93 bits per heavy atom. The number of fused-ring (bicyclic) bond motifs is 1. The van der Waals surface area contributed by atoms with Crippen LogP contribution in [0.2, 0.25) is 0 Å². The third kappa shape index (κ3) is 3.93. The quantitative estimate of drug-likeness (QED) is 0.792. The molecule has 4 nitrogen and oxygen atoms in total. The highest BCUT2D eigenvalue weighted by Gasteiger charge is 2.33. The molecule has 0 fully saturated rings. The molecule has 1 atom stereocenters. The van der Waals surface area contributed by atoms with Crippen LogP contribution in [0.15, 0.2) is 18.2 Å². The van der Waals surface area contributed by atoms with Crippen molar-refractivity contribution in [3.63, 3.8) is 0 Å². The molecule has 0 radical (unpaired) electrons. The van der Waals surface area contributed by atoms with Crippen LogP contribution >= 0.6 is 11.3 Å². The van der Waals surface area contributed by atoms with E-state index in [4.69, 9.17) is 5.73 Å². The molecule has 1 aromatic carbocycles. The van der Waals surface area contributed by atoms with Gasteiger partial charge in [-0.2, -0.15) is 0 Å². The van der Waals surface area contributed by atoms with Crippen molar-refractivity contribution in [3.05, 3.63) is 50.9 Å². The average molecular weight is 385 g/mol. The van der Waals surface area contributed by atoms with Gasteiger partial charge in [0.15, 0.2) is 0 Å². The van der Waals surface area contributed by atoms with Crippen molar-refractivity contribution in [3.8, 4) is 0 Å². The molecule has 1 heterocycles. The van der Waals surface area contributed by atoms with E-state index in [-0.39, 0.29) is 11.3 Å². The van der Waals surface area contributed by atoms with E-state index in [1.807, 2.05) is 32.0 Å². The fraction of sp³-hybridized carbons (Fsp3) is 0.455. The van der Waals surface area contributed by atoms with Crippen LogP contribution in [0.25, 0.3) is 0 Å². The third-order valence-corrected chi connectivity index (χ3v) is 6.76. The number of primary amides is 1. The number of anilines is 1. The van der Waals surface area contributed by atoms with Crippen LogP contribution in [-0.2, 0) is 12.8 Å². The van der Waals surface area contributed by atoms with E-state index < -0.39 is 5.91 Å². The highest BCUT2D eigenvalue weighted by atomic mass is 32.1.